The SMILES string of the molecule is CCOC(=O)c1ccccc1NC(=O)CCN(CC)C1CCS(=O)(=O)C1. The molecule has 0 spiro atoms. The van der Waals surface area contributed by atoms with Crippen LogP contribution in [-0.4, -0.2) is 62.4 Å². The number of anilines is 1. The van der Waals surface area contributed by atoms with Gasteiger partial charge in [0, 0.05) is 19.0 Å². The molecule has 8 heteroatoms. The molecule has 0 radical (unpaired) electrons. The minimum Gasteiger partial charge on any atom is -0.462 e. The van der Waals surface area contributed by atoms with Crippen LogP contribution in [0.3, 0.4) is 0 Å². The van der Waals surface area contributed by atoms with E-state index in [1.54, 1.807) is 31.2 Å². The maximum Gasteiger partial charge on any atom is 0.340 e. The Morgan fingerprint density at radius 1 is 1.27 bits per heavy atom. The van der Waals surface area contributed by atoms with Crippen LogP contribution < -0.4 is 5.32 Å². The number of amides is 1. The van der Waals surface area contributed by atoms with Crippen LogP contribution in [0.4, 0.5) is 5.69 Å². The number of hydrogen-bond donors (Lipinski definition) is 1. The summed E-state index contributed by atoms with van der Waals surface area (Å²) in [6.07, 6.45) is 0.838. The summed E-state index contributed by atoms with van der Waals surface area (Å²) in [5, 5.41) is 2.75. The van der Waals surface area contributed by atoms with Gasteiger partial charge < -0.3 is 10.1 Å². The fraction of sp³-hybridized carbons (Fsp3) is 0.556. The summed E-state index contributed by atoms with van der Waals surface area (Å²) < 4.78 is 28.3. The maximum absolute atomic E-state index is 12.3. The van der Waals surface area contributed by atoms with Crippen LogP contribution in [-0.2, 0) is 19.4 Å². The largest absolute Gasteiger partial charge is 0.462 e. The lowest BCUT2D eigenvalue weighted by Gasteiger charge is -2.26. The number of para-hydroxylation sites is 1. The highest BCUT2D eigenvalue weighted by atomic mass is 32.2. The molecule has 0 aromatic heterocycles. The number of hydrogen-bond acceptors (Lipinski definition) is 6. The van der Waals surface area contributed by atoms with Gasteiger partial charge in [-0.05, 0) is 32.0 Å². The highest BCUT2D eigenvalue weighted by Crippen LogP contribution is 2.19. The van der Waals surface area contributed by atoms with Crippen molar-refractivity contribution in [3.05, 3.63) is 29.8 Å². The van der Waals surface area contributed by atoms with Crippen molar-refractivity contribution in [2.24, 2.45) is 0 Å². The minimum absolute atomic E-state index is 0.0235. The molecule has 1 aliphatic heterocycles. The van der Waals surface area contributed by atoms with E-state index < -0.39 is 15.8 Å². The molecule has 0 saturated carbocycles. The normalized spacial score (nSPS) is 18.7. The summed E-state index contributed by atoms with van der Waals surface area (Å²) in [4.78, 5) is 26.3. The zero-order valence-corrected chi connectivity index (χ0v) is 16.0. The predicted octanol–water partition coefficient (Wildman–Crippen LogP) is 1.70. The van der Waals surface area contributed by atoms with Gasteiger partial charge in [-0.3, -0.25) is 9.69 Å². The highest BCUT2D eigenvalue weighted by molar-refractivity contribution is 7.91. The van der Waals surface area contributed by atoms with Crippen LogP contribution in [0.5, 0.6) is 0 Å². The van der Waals surface area contributed by atoms with E-state index in [2.05, 4.69) is 5.32 Å². The van der Waals surface area contributed by atoms with E-state index in [-0.39, 0.29) is 36.5 Å². The van der Waals surface area contributed by atoms with Gasteiger partial charge in [-0.1, -0.05) is 19.1 Å². The summed E-state index contributed by atoms with van der Waals surface area (Å²) in [5.74, 6) is -0.322. The second kappa shape index (κ2) is 9.14. The van der Waals surface area contributed by atoms with Gasteiger partial charge in [0.05, 0.1) is 29.4 Å². The molecular weight excluding hydrogens is 356 g/mol. The molecule has 1 atom stereocenters. The molecule has 26 heavy (non-hydrogen) atoms. The lowest BCUT2D eigenvalue weighted by atomic mass is 10.1. The fourth-order valence-electron chi connectivity index (χ4n) is 3.10. The van der Waals surface area contributed by atoms with Crippen LogP contribution in [0.1, 0.15) is 37.0 Å². The Morgan fingerprint density at radius 2 is 2.00 bits per heavy atom. The van der Waals surface area contributed by atoms with E-state index in [1.807, 2.05) is 11.8 Å². The zero-order valence-electron chi connectivity index (χ0n) is 15.2. The van der Waals surface area contributed by atoms with E-state index in [4.69, 9.17) is 4.74 Å². The second-order valence-electron chi connectivity index (χ2n) is 6.25. The van der Waals surface area contributed by atoms with Crippen molar-refractivity contribution in [1.82, 2.24) is 4.90 Å². The Labute approximate surface area is 154 Å². The molecule has 1 fully saturated rings. The Bertz CT molecular complexity index is 748. The molecule has 1 heterocycles. The molecule has 1 N–H and O–H groups in total. The lowest BCUT2D eigenvalue weighted by molar-refractivity contribution is -0.116. The smallest absolute Gasteiger partial charge is 0.340 e. The fourth-order valence-corrected chi connectivity index (χ4v) is 4.86. The molecule has 7 nitrogen and oxygen atoms in total. The Hall–Kier alpha value is -1.93. The van der Waals surface area contributed by atoms with Gasteiger partial charge in [0.15, 0.2) is 9.84 Å². The monoisotopic (exact) mass is 382 g/mol. The van der Waals surface area contributed by atoms with Crippen molar-refractivity contribution in [2.75, 3.05) is 36.5 Å². The summed E-state index contributed by atoms with van der Waals surface area (Å²) in [7, 11) is -2.95. The summed E-state index contributed by atoms with van der Waals surface area (Å²) >= 11 is 0. The van der Waals surface area contributed by atoms with Gasteiger partial charge in [-0.25, -0.2) is 13.2 Å². The number of esters is 1. The Kier molecular flexibility index (Phi) is 7.16. The first-order valence-electron chi connectivity index (χ1n) is 8.86. The standard InChI is InChI=1S/C18H26N2O5S/c1-3-20(14-10-12-26(23,24)13-14)11-9-17(21)19-16-8-6-5-7-15(16)18(22)25-4-2/h5-8,14H,3-4,9-13H2,1-2H3,(H,19,21). The van der Waals surface area contributed by atoms with Gasteiger partial charge in [0.2, 0.25) is 5.91 Å². The minimum atomic E-state index is -2.95. The number of nitrogens with zero attached hydrogens (tertiary/aromatic N) is 1. The van der Waals surface area contributed by atoms with Crippen LogP contribution in [0, 0.1) is 0 Å². The molecular formula is C18H26N2O5S. The van der Waals surface area contributed by atoms with Crippen LogP contribution in [0.2, 0.25) is 0 Å². The first-order chi connectivity index (χ1) is 12.4. The van der Waals surface area contributed by atoms with Crippen molar-refractivity contribution in [2.45, 2.75) is 32.7 Å². The number of carbonyl (C=O) groups excluding carboxylic acids is 2. The lowest BCUT2D eigenvalue weighted by Crippen LogP contribution is -2.38. The molecule has 1 saturated heterocycles. The molecule has 0 bridgehead atoms. The molecule has 1 aliphatic rings. The van der Waals surface area contributed by atoms with Crippen molar-refractivity contribution in [3.63, 3.8) is 0 Å². The predicted molar refractivity (Wildman–Crippen MR) is 100.0 cm³/mol. The molecule has 1 aromatic rings. The average Bonchev–Trinajstić information content (AvgIpc) is 2.96. The van der Waals surface area contributed by atoms with Gasteiger partial charge in [-0.2, -0.15) is 0 Å². The average molecular weight is 382 g/mol. The van der Waals surface area contributed by atoms with Crippen molar-refractivity contribution in [1.29, 1.82) is 0 Å². The number of ether oxygens (including phenoxy) is 1. The third-order valence-corrected chi connectivity index (χ3v) is 6.20. The van der Waals surface area contributed by atoms with Crippen molar-refractivity contribution < 1.29 is 22.7 Å². The summed E-state index contributed by atoms with van der Waals surface area (Å²) in [6.45, 7) is 5.11. The number of sulfone groups is 1. The molecule has 0 aliphatic carbocycles. The molecule has 1 amide bonds. The third-order valence-electron chi connectivity index (χ3n) is 4.45. The number of rotatable bonds is 8. The van der Waals surface area contributed by atoms with Gasteiger partial charge in [0.25, 0.3) is 0 Å². The molecule has 144 valence electrons. The van der Waals surface area contributed by atoms with Gasteiger partial charge in [0.1, 0.15) is 0 Å². The number of benzene rings is 1. The number of carbonyl (C=O) groups is 2. The first-order valence-corrected chi connectivity index (χ1v) is 10.7. The zero-order chi connectivity index (χ0) is 19.2. The topological polar surface area (TPSA) is 92.8 Å². The van der Waals surface area contributed by atoms with E-state index in [0.29, 0.717) is 30.8 Å². The Morgan fingerprint density at radius 3 is 2.62 bits per heavy atom. The van der Waals surface area contributed by atoms with Gasteiger partial charge >= 0.3 is 5.97 Å². The highest BCUT2D eigenvalue weighted by Gasteiger charge is 2.31. The van der Waals surface area contributed by atoms with Gasteiger partial charge in [-0.15, -0.1) is 0 Å². The Balaban J connectivity index is 1.93. The van der Waals surface area contributed by atoms with E-state index >= 15 is 0 Å². The van der Waals surface area contributed by atoms with E-state index in [0.717, 1.165) is 0 Å². The third kappa shape index (κ3) is 5.54. The van der Waals surface area contributed by atoms with Crippen molar-refractivity contribution in [3.8, 4) is 0 Å². The van der Waals surface area contributed by atoms with Crippen LogP contribution in [0.15, 0.2) is 24.3 Å². The summed E-state index contributed by atoms with van der Waals surface area (Å²) in [6, 6.07) is 6.69. The second-order valence-corrected chi connectivity index (χ2v) is 8.48. The van der Waals surface area contributed by atoms with Crippen LogP contribution >= 0.6 is 0 Å². The molecule has 1 aromatic carbocycles. The number of nitrogens with one attached hydrogen (secondary N) is 1. The quantitative estimate of drug-likeness (QED) is 0.688. The maximum atomic E-state index is 12.3. The molecule has 2 rings (SSSR count). The van der Waals surface area contributed by atoms with Crippen LogP contribution in [0.25, 0.3) is 0 Å². The van der Waals surface area contributed by atoms with Crippen molar-refractivity contribution >= 4 is 27.4 Å². The van der Waals surface area contributed by atoms with E-state index in [9.17, 15) is 18.0 Å². The molecule has 1 unspecified atom stereocenters. The van der Waals surface area contributed by atoms with E-state index in [1.165, 1.54) is 0 Å². The summed E-state index contributed by atoms with van der Waals surface area (Å²) in [5.41, 5.74) is 0.736. The first kappa shape index (κ1) is 20.4.